The predicted molar refractivity (Wildman–Crippen MR) is 70.0 cm³/mol. The van der Waals surface area contributed by atoms with Crippen molar-refractivity contribution >= 4 is 13.8 Å². The van der Waals surface area contributed by atoms with Gasteiger partial charge in [0.2, 0.25) is 0 Å². The minimum atomic E-state index is -1.04. The van der Waals surface area contributed by atoms with Gasteiger partial charge >= 0.3 is 0 Å². The summed E-state index contributed by atoms with van der Waals surface area (Å²) in [5, 5.41) is 0. The van der Waals surface area contributed by atoms with Gasteiger partial charge in [-0.25, -0.2) is 0 Å². The van der Waals surface area contributed by atoms with Crippen molar-refractivity contribution < 1.29 is 0 Å². The normalized spacial score (nSPS) is 15.3. The van der Waals surface area contributed by atoms with Crippen molar-refractivity contribution in [1.29, 1.82) is 0 Å². The van der Waals surface area contributed by atoms with E-state index in [9.17, 15) is 0 Å². The summed E-state index contributed by atoms with van der Waals surface area (Å²) in [5.74, 6) is 0. The Kier molecular flexibility index (Phi) is 2.70. The summed E-state index contributed by atoms with van der Waals surface area (Å²) in [4.78, 5) is 2.42. The molecule has 80 valence electrons. The van der Waals surface area contributed by atoms with Gasteiger partial charge in [0.05, 0.1) is 8.07 Å². The van der Waals surface area contributed by atoms with E-state index in [1.807, 2.05) is 0 Å². The van der Waals surface area contributed by atoms with E-state index < -0.39 is 8.07 Å². The lowest BCUT2D eigenvalue weighted by Crippen LogP contribution is -2.38. The number of allylic oxidation sites excluding steroid dienone is 1. The summed E-state index contributed by atoms with van der Waals surface area (Å²) >= 11 is 0. The molecular weight excluding hydrogens is 198 g/mol. The van der Waals surface area contributed by atoms with Crippen molar-refractivity contribution in [3.63, 3.8) is 0 Å². The van der Waals surface area contributed by atoms with Crippen molar-refractivity contribution in [2.24, 2.45) is 0 Å². The highest BCUT2D eigenvalue weighted by molar-refractivity contribution is 6.76. The molecule has 1 aliphatic rings. The third-order valence-electron chi connectivity index (χ3n) is 2.57. The molecule has 0 bridgehead atoms. The zero-order valence-corrected chi connectivity index (χ0v) is 10.8. The Morgan fingerprint density at radius 3 is 2.67 bits per heavy atom. The quantitative estimate of drug-likeness (QED) is 0.686. The first-order valence-electron chi connectivity index (χ1n) is 5.57. The van der Waals surface area contributed by atoms with Gasteiger partial charge in [0, 0.05) is 18.1 Å². The van der Waals surface area contributed by atoms with Gasteiger partial charge in [0.1, 0.15) is 0 Å². The minimum Gasteiger partial charge on any atom is -0.351 e. The van der Waals surface area contributed by atoms with Gasteiger partial charge in [-0.05, 0) is 18.1 Å². The van der Waals surface area contributed by atoms with E-state index in [1.165, 1.54) is 17.4 Å². The zero-order chi connectivity index (χ0) is 10.9. The van der Waals surface area contributed by atoms with Crippen LogP contribution in [0.1, 0.15) is 5.56 Å². The second kappa shape index (κ2) is 3.85. The molecule has 0 radical (unpaired) electrons. The van der Waals surface area contributed by atoms with E-state index in [4.69, 9.17) is 0 Å². The van der Waals surface area contributed by atoms with E-state index in [0.717, 1.165) is 6.42 Å². The number of nitrogens with zero attached hydrogens (tertiary/aromatic N) is 1. The largest absolute Gasteiger partial charge is 0.351 e. The highest BCUT2D eigenvalue weighted by Gasteiger charge is 2.20. The maximum atomic E-state index is 2.42. The molecule has 0 aliphatic carbocycles. The molecule has 1 aromatic rings. The Bertz CT molecular complexity index is 376. The molecule has 1 heterocycles. The van der Waals surface area contributed by atoms with Gasteiger partial charge in [-0.3, -0.25) is 0 Å². The average Bonchev–Trinajstić information content (AvgIpc) is 2.16. The summed E-state index contributed by atoms with van der Waals surface area (Å²) < 4.78 is 0. The van der Waals surface area contributed by atoms with E-state index >= 15 is 0 Å². The van der Waals surface area contributed by atoms with Gasteiger partial charge < -0.3 is 4.90 Å². The lowest BCUT2D eigenvalue weighted by atomic mass is 10.1. The lowest BCUT2D eigenvalue weighted by molar-refractivity contribution is 1.04. The fraction of sp³-hybridized carbons (Fsp3) is 0.385. The summed E-state index contributed by atoms with van der Waals surface area (Å²) in [7, 11) is -1.04. The predicted octanol–water partition coefficient (Wildman–Crippen LogP) is 3.44. The van der Waals surface area contributed by atoms with Crippen molar-refractivity contribution in [2.45, 2.75) is 26.1 Å². The fourth-order valence-electron chi connectivity index (χ4n) is 2.00. The van der Waals surface area contributed by atoms with Crippen LogP contribution in [0.2, 0.25) is 19.6 Å². The van der Waals surface area contributed by atoms with E-state index in [1.54, 1.807) is 0 Å². The Morgan fingerprint density at radius 2 is 1.93 bits per heavy atom. The first-order chi connectivity index (χ1) is 7.06. The maximum Gasteiger partial charge on any atom is 0.0671 e. The fourth-order valence-corrected chi connectivity index (χ4v) is 3.30. The van der Waals surface area contributed by atoms with Gasteiger partial charge in [0.25, 0.3) is 0 Å². The summed E-state index contributed by atoms with van der Waals surface area (Å²) in [6.45, 7) is 7.24. The molecule has 0 fully saturated rings. The van der Waals surface area contributed by atoms with E-state index in [2.05, 4.69) is 61.1 Å². The standard InChI is InChI=1S/C13H19NSi/c1-15(2,3)11-14-10-6-8-12-7-4-5-9-13(12)14/h4-7,9-10H,8,11H2,1-3H3. The average molecular weight is 217 g/mol. The second-order valence-corrected chi connectivity index (χ2v) is 10.8. The number of hydrogen-bond donors (Lipinski definition) is 0. The first-order valence-corrected chi connectivity index (χ1v) is 9.28. The summed E-state index contributed by atoms with van der Waals surface area (Å²) in [5.41, 5.74) is 2.86. The molecule has 0 N–H and O–H groups in total. The summed E-state index contributed by atoms with van der Waals surface area (Å²) in [6, 6.07) is 8.73. The van der Waals surface area contributed by atoms with Gasteiger partial charge in [-0.15, -0.1) is 0 Å². The van der Waals surface area contributed by atoms with Crippen molar-refractivity contribution in [1.82, 2.24) is 0 Å². The minimum absolute atomic E-state index is 1.04. The van der Waals surface area contributed by atoms with E-state index in [-0.39, 0.29) is 0 Å². The molecule has 0 aromatic heterocycles. The van der Waals surface area contributed by atoms with Crippen LogP contribution < -0.4 is 4.90 Å². The molecule has 0 saturated carbocycles. The van der Waals surface area contributed by atoms with Crippen molar-refractivity contribution in [3.8, 4) is 0 Å². The molecule has 2 rings (SSSR count). The highest BCUT2D eigenvalue weighted by Crippen LogP contribution is 2.26. The molecular formula is C13H19NSi. The Morgan fingerprint density at radius 1 is 1.20 bits per heavy atom. The molecule has 0 saturated heterocycles. The molecule has 0 amide bonds. The van der Waals surface area contributed by atoms with Crippen LogP contribution in [0.15, 0.2) is 36.5 Å². The van der Waals surface area contributed by atoms with Crippen LogP contribution in [0.3, 0.4) is 0 Å². The molecule has 1 aliphatic heterocycles. The second-order valence-electron chi connectivity index (χ2n) is 5.41. The Hall–Kier alpha value is -1.02. The lowest BCUT2D eigenvalue weighted by Gasteiger charge is -2.31. The maximum absolute atomic E-state index is 2.42. The third kappa shape index (κ3) is 2.51. The van der Waals surface area contributed by atoms with Crippen LogP contribution in [-0.4, -0.2) is 14.2 Å². The number of hydrogen-bond acceptors (Lipinski definition) is 1. The van der Waals surface area contributed by atoms with Gasteiger partial charge in [-0.1, -0.05) is 43.9 Å². The number of rotatable bonds is 2. The topological polar surface area (TPSA) is 3.24 Å². The van der Waals surface area contributed by atoms with Crippen LogP contribution in [0, 0.1) is 0 Å². The molecule has 0 spiro atoms. The monoisotopic (exact) mass is 217 g/mol. The number of benzene rings is 1. The molecule has 2 heteroatoms. The van der Waals surface area contributed by atoms with Gasteiger partial charge in [0.15, 0.2) is 0 Å². The number of para-hydroxylation sites is 1. The molecule has 1 nitrogen and oxygen atoms in total. The van der Waals surface area contributed by atoms with Crippen LogP contribution in [0.4, 0.5) is 5.69 Å². The van der Waals surface area contributed by atoms with Gasteiger partial charge in [-0.2, -0.15) is 0 Å². The molecule has 1 aromatic carbocycles. The van der Waals surface area contributed by atoms with Crippen LogP contribution in [0.25, 0.3) is 0 Å². The number of fused-ring (bicyclic) bond motifs is 1. The smallest absolute Gasteiger partial charge is 0.0671 e. The van der Waals surface area contributed by atoms with Crippen molar-refractivity contribution in [2.75, 3.05) is 11.1 Å². The summed E-state index contributed by atoms with van der Waals surface area (Å²) in [6.07, 6.45) is 6.81. The molecule has 15 heavy (non-hydrogen) atoms. The highest BCUT2D eigenvalue weighted by atomic mass is 28.3. The Balaban J connectivity index is 2.27. The van der Waals surface area contributed by atoms with Crippen LogP contribution >= 0.6 is 0 Å². The molecule has 0 unspecified atom stereocenters. The van der Waals surface area contributed by atoms with E-state index in [0.29, 0.717) is 0 Å². The Labute approximate surface area is 93.4 Å². The third-order valence-corrected chi connectivity index (χ3v) is 3.86. The molecule has 0 atom stereocenters. The zero-order valence-electron chi connectivity index (χ0n) is 9.83. The SMILES string of the molecule is C[Si](C)(C)CN1C=CCc2ccccc21. The van der Waals surface area contributed by atoms with Crippen LogP contribution in [-0.2, 0) is 6.42 Å². The number of anilines is 1. The first kappa shape index (κ1) is 10.5. The van der Waals surface area contributed by atoms with Crippen LogP contribution in [0.5, 0.6) is 0 Å². The van der Waals surface area contributed by atoms with Crippen molar-refractivity contribution in [3.05, 3.63) is 42.1 Å².